The Morgan fingerprint density at radius 1 is 1.22 bits per heavy atom. The van der Waals surface area contributed by atoms with Crippen molar-refractivity contribution in [3.05, 3.63) is 34.3 Å². The predicted octanol–water partition coefficient (Wildman–Crippen LogP) is 3.96. The lowest BCUT2D eigenvalue weighted by Crippen LogP contribution is -2.22. The molecule has 18 heavy (non-hydrogen) atoms. The van der Waals surface area contributed by atoms with Gasteiger partial charge < -0.3 is 10.1 Å². The van der Waals surface area contributed by atoms with Crippen LogP contribution in [0.2, 0.25) is 0 Å². The summed E-state index contributed by atoms with van der Waals surface area (Å²) < 4.78 is 6.79. The van der Waals surface area contributed by atoms with Gasteiger partial charge >= 0.3 is 0 Å². The number of hydrogen-bond donors (Lipinski definition) is 1. The van der Waals surface area contributed by atoms with E-state index in [4.69, 9.17) is 4.74 Å². The summed E-state index contributed by atoms with van der Waals surface area (Å²) in [5, 5.41) is 3.43. The lowest BCUT2D eigenvalue weighted by Gasteiger charge is -2.19. The fourth-order valence-electron chi connectivity index (χ4n) is 1.89. The van der Waals surface area contributed by atoms with Gasteiger partial charge in [0.15, 0.2) is 0 Å². The highest BCUT2D eigenvalue weighted by molar-refractivity contribution is 9.10. The van der Waals surface area contributed by atoms with Crippen molar-refractivity contribution >= 4 is 15.9 Å². The highest BCUT2D eigenvalue weighted by atomic mass is 79.9. The Morgan fingerprint density at radius 3 is 2.44 bits per heavy atom. The molecule has 0 aromatic heterocycles. The first-order valence-corrected chi connectivity index (χ1v) is 7.50. The van der Waals surface area contributed by atoms with Gasteiger partial charge in [-0.2, -0.15) is 0 Å². The average Bonchev–Trinajstić information content (AvgIpc) is 2.34. The van der Waals surface area contributed by atoms with Crippen LogP contribution < -0.4 is 5.32 Å². The first kappa shape index (κ1) is 15.7. The number of hydrogen-bond acceptors (Lipinski definition) is 2. The minimum Gasteiger partial charge on any atom is -0.379 e. The number of nitrogens with one attached hydrogen (secondary N) is 1. The van der Waals surface area contributed by atoms with Crippen LogP contribution in [0.25, 0.3) is 0 Å². The molecule has 0 saturated carbocycles. The van der Waals surface area contributed by atoms with Crippen molar-refractivity contribution in [2.24, 2.45) is 0 Å². The Morgan fingerprint density at radius 2 is 1.89 bits per heavy atom. The summed E-state index contributed by atoms with van der Waals surface area (Å²) >= 11 is 3.48. The maximum absolute atomic E-state index is 5.66. The zero-order chi connectivity index (χ0) is 13.4. The number of ether oxygens (including phenoxy) is 1. The normalized spacial score (nSPS) is 12.9. The van der Waals surface area contributed by atoms with Gasteiger partial charge in [0.1, 0.15) is 0 Å². The van der Waals surface area contributed by atoms with E-state index < -0.39 is 0 Å². The molecule has 0 aliphatic heterocycles. The molecule has 1 N–H and O–H groups in total. The molecule has 102 valence electrons. The van der Waals surface area contributed by atoms with Crippen molar-refractivity contribution in [3.8, 4) is 0 Å². The molecule has 0 bridgehead atoms. The summed E-state index contributed by atoms with van der Waals surface area (Å²) in [6.45, 7) is 9.16. The Balaban J connectivity index is 2.56. The third-order valence-electron chi connectivity index (χ3n) is 2.90. The van der Waals surface area contributed by atoms with Crippen LogP contribution in [0, 0.1) is 0 Å². The van der Waals surface area contributed by atoms with Crippen LogP contribution in [-0.4, -0.2) is 25.8 Å². The van der Waals surface area contributed by atoms with Crippen molar-refractivity contribution < 1.29 is 4.74 Å². The van der Waals surface area contributed by atoms with E-state index in [1.54, 1.807) is 0 Å². The molecule has 0 aliphatic rings. The molecule has 3 heteroatoms. The first-order valence-electron chi connectivity index (χ1n) is 6.71. The summed E-state index contributed by atoms with van der Waals surface area (Å²) in [7, 11) is 0. The summed E-state index contributed by atoms with van der Waals surface area (Å²) in [5.74, 6) is 0.525. The molecule has 0 heterocycles. The predicted molar refractivity (Wildman–Crippen MR) is 81.1 cm³/mol. The zero-order valence-electron chi connectivity index (χ0n) is 11.6. The van der Waals surface area contributed by atoms with Gasteiger partial charge in [0, 0.05) is 17.6 Å². The molecule has 0 fully saturated rings. The average molecular weight is 314 g/mol. The second-order valence-electron chi connectivity index (χ2n) is 4.76. The number of halogens is 1. The van der Waals surface area contributed by atoms with Gasteiger partial charge in [-0.05, 0) is 50.4 Å². The summed E-state index contributed by atoms with van der Waals surface area (Å²) in [6.07, 6.45) is 1.38. The van der Waals surface area contributed by atoms with E-state index in [9.17, 15) is 0 Å². The molecule has 0 saturated heterocycles. The molecule has 0 radical (unpaired) electrons. The standard InChI is InChI=1S/C15H24BrNO/c1-4-17-11-14(9-10-18-12(2)3)13-5-7-15(16)8-6-13/h5-8,12,14,17H,4,9-11H2,1-3H3. The van der Waals surface area contributed by atoms with Crippen LogP contribution in [0.1, 0.15) is 38.7 Å². The van der Waals surface area contributed by atoms with Crippen LogP contribution in [-0.2, 0) is 4.74 Å². The highest BCUT2D eigenvalue weighted by Gasteiger charge is 2.11. The number of benzene rings is 1. The molecule has 0 spiro atoms. The SMILES string of the molecule is CCNCC(CCOC(C)C)c1ccc(Br)cc1. The quantitative estimate of drug-likeness (QED) is 0.784. The molecule has 0 amide bonds. The van der Waals surface area contributed by atoms with Gasteiger partial charge in [-0.1, -0.05) is 35.0 Å². The number of likely N-dealkylation sites (N-methyl/N-ethyl adjacent to an activating group) is 1. The maximum Gasteiger partial charge on any atom is 0.0518 e. The van der Waals surface area contributed by atoms with Gasteiger partial charge in [-0.15, -0.1) is 0 Å². The Hall–Kier alpha value is -0.380. The van der Waals surface area contributed by atoms with Crippen LogP contribution in [0.4, 0.5) is 0 Å². The summed E-state index contributed by atoms with van der Waals surface area (Å²) in [4.78, 5) is 0. The smallest absolute Gasteiger partial charge is 0.0518 e. The Bertz CT molecular complexity index is 324. The van der Waals surface area contributed by atoms with Gasteiger partial charge in [-0.25, -0.2) is 0 Å². The van der Waals surface area contributed by atoms with Gasteiger partial charge in [0.2, 0.25) is 0 Å². The Labute approximate surface area is 119 Å². The fourth-order valence-corrected chi connectivity index (χ4v) is 2.15. The Kier molecular flexibility index (Phi) is 7.56. The molecule has 1 atom stereocenters. The minimum absolute atomic E-state index is 0.315. The van der Waals surface area contributed by atoms with Gasteiger partial charge in [0.25, 0.3) is 0 Å². The topological polar surface area (TPSA) is 21.3 Å². The molecule has 1 unspecified atom stereocenters. The summed E-state index contributed by atoms with van der Waals surface area (Å²) in [5.41, 5.74) is 1.38. The van der Waals surface area contributed by atoms with E-state index in [0.29, 0.717) is 12.0 Å². The van der Waals surface area contributed by atoms with E-state index in [0.717, 1.165) is 30.6 Å². The first-order chi connectivity index (χ1) is 8.63. The van der Waals surface area contributed by atoms with Crippen molar-refractivity contribution in [1.82, 2.24) is 5.32 Å². The van der Waals surface area contributed by atoms with Crippen molar-refractivity contribution in [2.75, 3.05) is 19.7 Å². The fraction of sp³-hybridized carbons (Fsp3) is 0.600. The van der Waals surface area contributed by atoms with E-state index in [1.165, 1.54) is 5.56 Å². The van der Waals surface area contributed by atoms with E-state index >= 15 is 0 Å². The summed E-state index contributed by atoms with van der Waals surface area (Å²) in [6, 6.07) is 8.61. The minimum atomic E-state index is 0.315. The van der Waals surface area contributed by atoms with Crippen LogP contribution >= 0.6 is 15.9 Å². The third-order valence-corrected chi connectivity index (χ3v) is 3.43. The maximum atomic E-state index is 5.66. The largest absolute Gasteiger partial charge is 0.379 e. The molecule has 1 aromatic carbocycles. The van der Waals surface area contributed by atoms with E-state index in [1.807, 2.05) is 0 Å². The number of rotatable bonds is 8. The van der Waals surface area contributed by atoms with E-state index in [-0.39, 0.29) is 0 Å². The molecule has 0 aliphatic carbocycles. The van der Waals surface area contributed by atoms with Crippen molar-refractivity contribution in [1.29, 1.82) is 0 Å². The molecule has 1 rings (SSSR count). The molecular formula is C15H24BrNO. The molecular weight excluding hydrogens is 290 g/mol. The van der Waals surface area contributed by atoms with Crippen LogP contribution in [0.15, 0.2) is 28.7 Å². The highest BCUT2D eigenvalue weighted by Crippen LogP contribution is 2.21. The second-order valence-corrected chi connectivity index (χ2v) is 5.68. The molecule has 1 aromatic rings. The second kappa shape index (κ2) is 8.68. The lowest BCUT2D eigenvalue weighted by molar-refractivity contribution is 0.0733. The monoisotopic (exact) mass is 313 g/mol. The van der Waals surface area contributed by atoms with Crippen molar-refractivity contribution in [2.45, 2.75) is 39.2 Å². The third kappa shape index (κ3) is 5.98. The van der Waals surface area contributed by atoms with Gasteiger partial charge in [0.05, 0.1) is 6.10 Å². The van der Waals surface area contributed by atoms with E-state index in [2.05, 4.69) is 66.3 Å². The van der Waals surface area contributed by atoms with Gasteiger partial charge in [-0.3, -0.25) is 0 Å². The van der Waals surface area contributed by atoms with Crippen LogP contribution in [0.3, 0.4) is 0 Å². The molecule has 2 nitrogen and oxygen atoms in total. The van der Waals surface area contributed by atoms with Crippen LogP contribution in [0.5, 0.6) is 0 Å². The van der Waals surface area contributed by atoms with Crippen molar-refractivity contribution in [3.63, 3.8) is 0 Å². The lowest BCUT2D eigenvalue weighted by atomic mass is 9.96. The zero-order valence-corrected chi connectivity index (χ0v) is 13.2.